The third kappa shape index (κ3) is 3.92. The lowest BCUT2D eigenvalue weighted by Crippen LogP contribution is -2.48. The molecule has 0 aliphatic carbocycles. The molecular weight excluding hydrogens is 400 g/mol. The number of amides is 2. The Morgan fingerprint density at radius 3 is 2.13 bits per heavy atom. The standard InChI is InChI=1S/C22H22N4O5/c27-15-14-23-10-12-24(13-11-23)20-19(16-6-8-18(9-7-16)26(30)31)21(28)25(22(20)29)17-4-2-1-3-5-17/h1-9,27H,10-15H2. The Balaban J connectivity index is 1.74. The number of hydrogen-bond acceptors (Lipinski definition) is 7. The molecule has 2 aliphatic rings. The number of para-hydroxylation sites is 1. The maximum Gasteiger partial charge on any atom is 0.282 e. The van der Waals surface area contributed by atoms with Gasteiger partial charge in [-0.25, -0.2) is 4.90 Å². The fourth-order valence-electron chi connectivity index (χ4n) is 3.97. The molecule has 9 heteroatoms. The summed E-state index contributed by atoms with van der Waals surface area (Å²) in [5.41, 5.74) is 1.42. The molecule has 2 aromatic carbocycles. The van der Waals surface area contributed by atoms with Crippen molar-refractivity contribution in [1.82, 2.24) is 9.80 Å². The van der Waals surface area contributed by atoms with Crippen molar-refractivity contribution in [3.8, 4) is 0 Å². The van der Waals surface area contributed by atoms with Gasteiger partial charge < -0.3 is 10.0 Å². The quantitative estimate of drug-likeness (QED) is 0.427. The molecule has 0 spiro atoms. The highest BCUT2D eigenvalue weighted by Crippen LogP contribution is 2.35. The van der Waals surface area contributed by atoms with Crippen molar-refractivity contribution in [1.29, 1.82) is 0 Å². The van der Waals surface area contributed by atoms with Crippen LogP contribution >= 0.6 is 0 Å². The Kier molecular flexibility index (Phi) is 5.79. The van der Waals surface area contributed by atoms with Crippen LogP contribution in [-0.2, 0) is 9.59 Å². The molecule has 2 amide bonds. The molecule has 31 heavy (non-hydrogen) atoms. The number of aliphatic hydroxyl groups is 1. The van der Waals surface area contributed by atoms with Gasteiger partial charge in [0.2, 0.25) is 0 Å². The molecule has 1 N–H and O–H groups in total. The molecule has 0 saturated carbocycles. The maximum absolute atomic E-state index is 13.4. The number of nitrogens with zero attached hydrogens (tertiary/aromatic N) is 4. The number of nitro groups is 1. The van der Waals surface area contributed by atoms with Gasteiger partial charge in [-0.15, -0.1) is 0 Å². The summed E-state index contributed by atoms with van der Waals surface area (Å²) in [6, 6.07) is 14.4. The lowest BCUT2D eigenvalue weighted by atomic mass is 10.0. The van der Waals surface area contributed by atoms with E-state index in [0.717, 1.165) is 4.90 Å². The minimum Gasteiger partial charge on any atom is -0.395 e. The van der Waals surface area contributed by atoms with E-state index in [2.05, 4.69) is 4.90 Å². The van der Waals surface area contributed by atoms with Crippen LogP contribution in [0.4, 0.5) is 11.4 Å². The highest BCUT2D eigenvalue weighted by Gasteiger charge is 2.43. The van der Waals surface area contributed by atoms with Crippen molar-refractivity contribution in [2.24, 2.45) is 0 Å². The largest absolute Gasteiger partial charge is 0.395 e. The minimum absolute atomic E-state index is 0.0654. The summed E-state index contributed by atoms with van der Waals surface area (Å²) >= 11 is 0. The Bertz CT molecular complexity index is 1030. The molecule has 0 aromatic heterocycles. The number of anilines is 1. The average molecular weight is 422 g/mol. The summed E-state index contributed by atoms with van der Waals surface area (Å²) in [7, 11) is 0. The Morgan fingerprint density at radius 2 is 1.55 bits per heavy atom. The first kappa shape index (κ1) is 20.7. The van der Waals surface area contributed by atoms with Crippen LogP contribution in [-0.4, -0.2) is 71.0 Å². The number of β-amino-alcohol motifs (C(OH)–C–C–N with tert-alkyl or cyclic N) is 1. The molecule has 0 atom stereocenters. The summed E-state index contributed by atoms with van der Waals surface area (Å²) in [5.74, 6) is -0.849. The smallest absolute Gasteiger partial charge is 0.282 e. The fourth-order valence-corrected chi connectivity index (χ4v) is 3.97. The molecule has 0 radical (unpaired) electrons. The van der Waals surface area contributed by atoms with Gasteiger partial charge in [0.15, 0.2) is 0 Å². The Hall–Kier alpha value is -3.56. The molecular formula is C22H22N4O5. The molecule has 0 unspecified atom stereocenters. The predicted octanol–water partition coefficient (Wildman–Crippen LogP) is 1.49. The van der Waals surface area contributed by atoms with E-state index in [1.807, 2.05) is 4.90 Å². The number of hydrogen-bond donors (Lipinski definition) is 1. The summed E-state index contributed by atoms with van der Waals surface area (Å²) in [6.45, 7) is 3.01. The van der Waals surface area contributed by atoms with Crippen molar-refractivity contribution in [2.75, 3.05) is 44.2 Å². The summed E-state index contributed by atoms with van der Waals surface area (Å²) in [6.07, 6.45) is 0. The van der Waals surface area contributed by atoms with Gasteiger partial charge in [0.25, 0.3) is 17.5 Å². The van der Waals surface area contributed by atoms with Crippen LogP contribution in [0.3, 0.4) is 0 Å². The Morgan fingerprint density at radius 1 is 0.903 bits per heavy atom. The van der Waals surface area contributed by atoms with Gasteiger partial charge in [0, 0.05) is 44.9 Å². The number of nitro benzene ring substituents is 1. The molecule has 2 aromatic rings. The van der Waals surface area contributed by atoms with E-state index >= 15 is 0 Å². The van der Waals surface area contributed by atoms with Crippen LogP contribution in [0.25, 0.3) is 5.57 Å². The SMILES string of the molecule is O=C1C(c2ccc([N+](=O)[O-])cc2)=C(N2CCN(CCO)CC2)C(=O)N1c1ccccc1. The van der Waals surface area contributed by atoms with Crippen LogP contribution < -0.4 is 4.90 Å². The normalized spacial score (nSPS) is 17.6. The highest BCUT2D eigenvalue weighted by molar-refractivity contribution is 6.45. The second kappa shape index (κ2) is 8.66. The van der Waals surface area contributed by atoms with Crippen LogP contribution in [0.1, 0.15) is 5.56 Å². The number of carbonyl (C=O) groups is 2. The number of carbonyl (C=O) groups excluding carboxylic acids is 2. The van der Waals surface area contributed by atoms with Gasteiger partial charge in [-0.2, -0.15) is 0 Å². The monoisotopic (exact) mass is 422 g/mol. The van der Waals surface area contributed by atoms with E-state index in [0.29, 0.717) is 49.7 Å². The van der Waals surface area contributed by atoms with E-state index in [9.17, 15) is 19.7 Å². The van der Waals surface area contributed by atoms with Crippen molar-refractivity contribution >= 4 is 28.8 Å². The van der Waals surface area contributed by atoms with Crippen LogP contribution in [0.15, 0.2) is 60.3 Å². The van der Waals surface area contributed by atoms with Gasteiger partial charge in [0.05, 0.1) is 22.8 Å². The van der Waals surface area contributed by atoms with Crippen molar-refractivity contribution in [2.45, 2.75) is 0 Å². The number of non-ortho nitro benzene ring substituents is 1. The number of imide groups is 1. The van der Waals surface area contributed by atoms with Crippen LogP contribution in [0.2, 0.25) is 0 Å². The number of piperazine rings is 1. The summed E-state index contributed by atoms with van der Waals surface area (Å²) in [5, 5.41) is 20.2. The molecule has 1 saturated heterocycles. The molecule has 0 bridgehead atoms. The van der Waals surface area contributed by atoms with Gasteiger partial charge in [-0.3, -0.25) is 24.6 Å². The van der Waals surface area contributed by atoms with Crippen LogP contribution in [0, 0.1) is 10.1 Å². The zero-order valence-corrected chi connectivity index (χ0v) is 16.8. The zero-order valence-electron chi connectivity index (χ0n) is 16.8. The first-order valence-electron chi connectivity index (χ1n) is 10.0. The molecule has 2 heterocycles. The molecule has 9 nitrogen and oxygen atoms in total. The first-order valence-corrected chi connectivity index (χ1v) is 10.0. The summed E-state index contributed by atoms with van der Waals surface area (Å²) < 4.78 is 0. The maximum atomic E-state index is 13.4. The number of aliphatic hydroxyl groups excluding tert-OH is 1. The third-order valence-electron chi connectivity index (χ3n) is 5.55. The van der Waals surface area contributed by atoms with Gasteiger partial charge >= 0.3 is 0 Å². The lowest BCUT2D eigenvalue weighted by Gasteiger charge is -2.36. The molecule has 2 aliphatic heterocycles. The second-order valence-electron chi connectivity index (χ2n) is 7.36. The van der Waals surface area contributed by atoms with E-state index in [1.54, 1.807) is 30.3 Å². The van der Waals surface area contributed by atoms with Crippen molar-refractivity contribution < 1.29 is 19.6 Å². The summed E-state index contributed by atoms with van der Waals surface area (Å²) in [4.78, 5) is 42.5. The fraction of sp³-hybridized carbons (Fsp3) is 0.273. The predicted molar refractivity (Wildman–Crippen MR) is 114 cm³/mol. The van der Waals surface area contributed by atoms with Gasteiger partial charge in [-0.1, -0.05) is 18.2 Å². The third-order valence-corrected chi connectivity index (χ3v) is 5.55. The van der Waals surface area contributed by atoms with E-state index in [4.69, 9.17) is 5.11 Å². The Labute approximate surface area is 178 Å². The zero-order chi connectivity index (χ0) is 22.0. The second-order valence-corrected chi connectivity index (χ2v) is 7.36. The molecule has 4 rings (SSSR count). The molecule has 160 valence electrons. The first-order chi connectivity index (χ1) is 15.0. The van der Waals surface area contributed by atoms with E-state index in [1.165, 1.54) is 24.3 Å². The van der Waals surface area contributed by atoms with Crippen molar-refractivity contribution in [3.63, 3.8) is 0 Å². The minimum atomic E-state index is -0.503. The number of rotatable bonds is 6. The number of benzene rings is 2. The molecule has 1 fully saturated rings. The van der Waals surface area contributed by atoms with Crippen LogP contribution in [0.5, 0.6) is 0 Å². The van der Waals surface area contributed by atoms with Gasteiger partial charge in [-0.05, 0) is 29.8 Å². The van der Waals surface area contributed by atoms with E-state index in [-0.39, 0.29) is 17.9 Å². The van der Waals surface area contributed by atoms with Crippen molar-refractivity contribution in [3.05, 3.63) is 76.0 Å². The van der Waals surface area contributed by atoms with Gasteiger partial charge in [0.1, 0.15) is 5.70 Å². The topological polar surface area (TPSA) is 107 Å². The lowest BCUT2D eigenvalue weighted by molar-refractivity contribution is -0.384. The average Bonchev–Trinajstić information content (AvgIpc) is 3.05. The highest BCUT2D eigenvalue weighted by atomic mass is 16.6. The van der Waals surface area contributed by atoms with E-state index < -0.39 is 16.7 Å².